The summed E-state index contributed by atoms with van der Waals surface area (Å²) >= 11 is 0. The number of carbonyl (C=O) groups is 1. The second-order valence-electron chi connectivity index (χ2n) is 5.43. The molecule has 0 bridgehead atoms. The third kappa shape index (κ3) is 2.93. The number of carbonyl (C=O) groups excluding carboxylic acids is 1. The van der Waals surface area contributed by atoms with Gasteiger partial charge in [0.05, 0.1) is 6.42 Å². The molecule has 0 saturated carbocycles. The maximum absolute atomic E-state index is 12.3. The van der Waals surface area contributed by atoms with Gasteiger partial charge in [0.25, 0.3) is 0 Å². The molecular weight excluding hydrogens is 272 g/mol. The van der Waals surface area contributed by atoms with E-state index in [4.69, 9.17) is 5.73 Å². The molecule has 0 heterocycles. The molecule has 0 aliphatic carbocycles. The van der Waals surface area contributed by atoms with Crippen molar-refractivity contribution in [1.29, 1.82) is 0 Å². The van der Waals surface area contributed by atoms with E-state index in [0.29, 0.717) is 12.1 Å². The van der Waals surface area contributed by atoms with Crippen molar-refractivity contribution >= 4 is 28.1 Å². The van der Waals surface area contributed by atoms with E-state index < -0.39 is 0 Å². The Morgan fingerprint density at radius 3 is 2.64 bits per heavy atom. The molecule has 0 radical (unpaired) electrons. The molecule has 3 N–H and O–H groups in total. The number of benzene rings is 3. The molecule has 0 unspecified atom stereocenters. The lowest BCUT2D eigenvalue weighted by atomic mass is 10.0. The van der Waals surface area contributed by atoms with E-state index in [1.54, 1.807) is 6.07 Å². The Bertz CT molecular complexity index is 834. The number of aryl methyl sites for hydroxylation is 1. The summed E-state index contributed by atoms with van der Waals surface area (Å²) in [6.07, 6.45) is 0.342. The summed E-state index contributed by atoms with van der Waals surface area (Å²) in [7, 11) is 0. The van der Waals surface area contributed by atoms with Crippen molar-refractivity contribution in [3.8, 4) is 0 Å². The van der Waals surface area contributed by atoms with Gasteiger partial charge in [0, 0.05) is 11.4 Å². The van der Waals surface area contributed by atoms with E-state index in [2.05, 4.69) is 17.4 Å². The highest BCUT2D eigenvalue weighted by Gasteiger charge is 2.07. The van der Waals surface area contributed by atoms with Gasteiger partial charge in [-0.15, -0.1) is 0 Å². The van der Waals surface area contributed by atoms with Crippen LogP contribution in [0, 0.1) is 6.92 Å². The van der Waals surface area contributed by atoms with E-state index in [1.165, 1.54) is 0 Å². The summed E-state index contributed by atoms with van der Waals surface area (Å²) in [5.41, 5.74) is 9.32. The number of nitrogen functional groups attached to an aromatic ring is 1. The predicted molar refractivity (Wildman–Crippen MR) is 91.9 cm³/mol. The van der Waals surface area contributed by atoms with E-state index in [0.717, 1.165) is 27.6 Å². The van der Waals surface area contributed by atoms with Gasteiger partial charge >= 0.3 is 0 Å². The lowest BCUT2D eigenvalue weighted by molar-refractivity contribution is -0.115. The number of nitrogens with one attached hydrogen (secondary N) is 1. The Morgan fingerprint density at radius 1 is 1.05 bits per heavy atom. The van der Waals surface area contributed by atoms with Crippen LogP contribution in [-0.2, 0) is 11.2 Å². The summed E-state index contributed by atoms with van der Waals surface area (Å²) in [6, 6.07) is 19.7. The van der Waals surface area contributed by atoms with Crippen LogP contribution in [0.2, 0.25) is 0 Å². The molecule has 3 rings (SSSR count). The van der Waals surface area contributed by atoms with Crippen molar-refractivity contribution in [2.24, 2.45) is 0 Å². The quantitative estimate of drug-likeness (QED) is 0.718. The van der Waals surface area contributed by atoms with E-state index >= 15 is 0 Å². The zero-order valence-corrected chi connectivity index (χ0v) is 12.5. The molecule has 22 heavy (non-hydrogen) atoms. The summed E-state index contributed by atoms with van der Waals surface area (Å²) in [4.78, 5) is 12.3. The number of hydrogen-bond acceptors (Lipinski definition) is 2. The highest BCUT2D eigenvalue weighted by Crippen LogP contribution is 2.20. The van der Waals surface area contributed by atoms with Gasteiger partial charge in [-0.2, -0.15) is 0 Å². The molecule has 3 aromatic carbocycles. The number of nitrogens with two attached hydrogens (primary N) is 1. The Morgan fingerprint density at radius 2 is 1.82 bits per heavy atom. The van der Waals surface area contributed by atoms with Crippen LogP contribution >= 0.6 is 0 Å². The highest BCUT2D eigenvalue weighted by molar-refractivity contribution is 5.96. The normalized spacial score (nSPS) is 10.6. The SMILES string of the molecule is Cc1ccc(NC(=O)Cc2cccc3ccccc23)cc1N. The van der Waals surface area contributed by atoms with Crippen molar-refractivity contribution in [3.05, 3.63) is 71.8 Å². The van der Waals surface area contributed by atoms with Crippen molar-refractivity contribution in [1.82, 2.24) is 0 Å². The summed E-state index contributed by atoms with van der Waals surface area (Å²) in [6.45, 7) is 1.94. The van der Waals surface area contributed by atoms with Crippen molar-refractivity contribution in [2.45, 2.75) is 13.3 Å². The number of anilines is 2. The van der Waals surface area contributed by atoms with Crippen LogP contribution in [0.5, 0.6) is 0 Å². The number of hydrogen-bond donors (Lipinski definition) is 2. The fourth-order valence-electron chi connectivity index (χ4n) is 2.54. The van der Waals surface area contributed by atoms with E-state index in [1.807, 2.05) is 49.4 Å². The molecule has 0 aliphatic rings. The average molecular weight is 290 g/mol. The minimum atomic E-state index is -0.0420. The number of fused-ring (bicyclic) bond motifs is 1. The Hall–Kier alpha value is -2.81. The lowest BCUT2D eigenvalue weighted by Crippen LogP contribution is -2.14. The largest absolute Gasteiger partial charge is 0.398 e. The first-order valence-corrected chi connectivity index (χ1v) is 7.26. The topological polar surface area (TPSA) is 55.1 Å². The maximum Gasteiger partial charge on any atom is 0.228 e. The van der Waals surface area contributed by atoms with Gasteiger partial charge in [0.1, 0.15) is 0 Å². The van der Waals surface area contributed by atoms with Gasteiger partial charge in [-0.25, -0.2) is 0 Å². The molecule has 0 fully saturated rings. The molecule has 0 atom stereocenters. The minimum absolute atomic E-state index is 0.0420. The van der Waals surface area contributed by atoms with Gasteiger partial charge in [0.15, 0.2) is 0 Å². The van der Waals surface area contributed by atoms with Gasteiger partial charge in [-0.05, 0) is 41.0 Å². The Labute approximate surface area is 129 Å². The molecule has 3 heteroatoms. The molecule has 1 amide bonds. The third-order valence-corrected chi connectivity index (χ3v) is 3.79. The van der Waals surface area contributed by atoms with Crippen molar-refractivity contribution in [3.63, 3.8) is 0 Å². The van der Waals surface area contributed by atoms with Crippen molar-refractivity contribution in [2.75, 3.05) is 11.1 Å². The van der Waals surface area contributed by atoms with Crippen LogP contribution in [0.3, 0.4) is 0 Å². The molecule has 3 nitrogen and oxygen atoms in total. The Kier molecular flexibility index (Phi) is 3.79. The monoisotopic (exact) mass is 290 g/mol. The van der Waals surface area contributed by atoms with Gasteiger partial charge in [-0.3, -0.25) is 4.79 Å². The van der Waals surface area contributed by atoms with Crippen LogP contribution < -0.4 is 11.1 Å². The average Bonchev–Trinajstić information content (AvgIpc) is 2.51. The van der Waals surface area contributed by atoms with E-state index in [9.17, 15) is 4.79 Å². The number of amides is 1. The fraction of sp³-hybridized carbons (Fsp3) is 0.105. The lowest BCUT2D eigenvalue weighted by Gasteiger charge is -2.09. The smallest absolute Gasteiger partial charge is 0.228 e. The standard InChI is InChI=1S/C19H18N2O/c1-13-9-10-16(12-18(13)20)21-19(22)11-15-7-4-6-14-5-2-3-8-17(14)15/h2-10,12H,11,20H2,1H3,(H,21,22). The zero-order chi connectivity index (χ0) is 15.5. The van der Waals surface area contributed by atoms with Gasteiger partial charge in [-0.1, -0.05) is 48.5 Å². The van der Waals surface area contributed by atoms with Gasteiger partial charge < -0.3 is 11.1 Å². The first-order valence-electron chi connectivity index (χ1n) is 7.26. The minimum Gasteiger partial charge on any atom is -0.398 e. The van der Waals surface area contributed by atoms with Crippen LogP contribution in [0.25, 0.3) is 10.8 Å². The highest BCUT2D eigenvalue weighted by atomic mass is 16.1. The first-order chi connectivity index (χ1) is 10.6. The molecule has 0 aromatic heterocycles. The van der Waals surface area contributed by atoms with E-state index in [-0.39, 0.29) is 5.91 Å². The molecule has 110 valence electrons. The Balaban J connectivity index is 1.80. The van der Waals surface area contributed by atoms with Gasteiger partial charge in [0.2, 0.25) is 5.91 Å². The summed E-state index contributed by atoms with van der Waals surface area (Å²) in [5, 5.41) is 5.16. The molecular formula is C19H18N2O. The zero-order valence-electron chi connectivity index (χ0n) is 12.5. The second-order valence-corrected chi connectivity index (χ2v) is 5.43. The number of rotatable bonds is 3. The third-order valence-electron chi connectivity index (χ3n) is 3.79. The molecule has 3 aromatic rings. The molecule has 0 saturated heterocycles. The van der Waals surface area contributed by atoms with Crippen molar-refractivity contribution < 1.29 is 4.79 Å². The predicted octanol–water partition coefficient (Wildman–Crippen LogP) is 3.91. The molecule has 0 spiro atoms. The second kappa shape index (κ2) is 5.90. The summed E-state index contributed by atoms with van der Waals surface area (Å²) in [5.74, 6) is -0.0420. The van der Waals surface area contributed by atoms with Crippen LogP contribution in [-0.4, -0.2) is 5.91 Å². The molecule has 0 aliphatic heterocycles. The van der Waals surface area contributed by atoms with Crippen LogP contribution in [0.4, 0.5) is 11.4 Å². The fourth-order valence-corrected chi connectivity index (χ4v) is 2.54. The van der Waals surface area contributed by atoms with Crippen LogP contribution in [0.15, 0.2) is 60.7 Å². The maximum atomic E-state index is 12.3. The first kappa shape index (κ1) is 14.1. The van der Waals surface area contributed by atoms with Crippen LogP contribution in [0.1, 0.15) is 11.1 Å². The summed E-state index contributed by atoms with van der Waals surface area (Å²) < 4.78 is 0.